The molecule has 3 atom stereocenters. The Morgan fingerprint density at radius 1 is 1.28 bits per heavy atom. The maximum absolute atomic E-state index is 6.22. The molecule has 2 heteroatoms. The molecule has 1 aliphatic carbocycles. The Bertz CT molecular complexity index is 408. The molecule has 0 bridgehead atoms. The van der Waals surface area contributed by atoms with E-state index in [1.54, 1.807) is 0 Å². The van der Waals surface area contributed by atoms with Crippen LogP contribution in [0.5, 0.6) is 0 Å². The second-order valence-electron chi connectivity index (χ2n) is 4.78. The molecule has 0 saturated heterocycles. The van der Waals surface area contributed by atoms with Crippen molar-refractivity contribution in [2.45, 2.75) is 32.0 Å². The molecule has 1 aromatic rings. The molecule has 18 heavy (non-hydrogen) atoms. The SMILES string of the molecule is CC[C@@H](NC(N)c1ccccc1)C1C=CC=CC1. The Morgan fingerprint density at radius 3 is 2.67 bits per heavy atom. The number of nitrogens with two attached hydrogens (primary N) is 1. The largest absolute Gasteiger partial charge is 0.312 e. The van der Waals surface area contributed by atoms with Crippen molar-refractivity contribution in [3.8, 4) is 0 Å². The highest BCUT2D eigenvalue weighted by Crippen LogP contribution is 2.20. The van der Waals surface area contributed by atoms with Gasteiger partial charge in [0.1, 0.15) is 0 Å². The van der Waals surface area contributed by atoms with Crippen molar-refractivity contribution in [1.82, 2.24) is 5.32 Å². The summed E-state index contributed by atoms with van der Waals surface area (Å²) < 4.78 is 0. The minimum absolute atomic E-state index is 0.0875. The minimum Gasteiger partial charge on any atom is -0.312 e. The van der Waals surface area contributed by atoms with Gasteiger partial charge in [0.2, 0.25) is 0 Å². The third kappa shape index (κ3) is 3.31. The van der Waals surface area contributed by atoms with Crippen molar-refractivity contribution >= 4 is 0 Å². The van der Waals surface area contributed by atoms with Crippen molar-refractivity contribution in [2.24, 2.45) is 11.7 Å². The number of benzene rings is 1. The molecular weight excluding hydrogens is 220 g/mol. The fraction of sp³-hybridized carbons (Fsp3) is 0.375. The molecule has 0 heterocycles. The van der Waals surface area contributed by atoms with Gasteiger partial charge in [-0.05, 0) is 24.3 Å². The second-order valence-corrected chi connectivity index (χ2v) is 4.78. The standard InChI is InChI=1S/C16H22N2/c1-2-15(13-9-5-3-6-10-13)18-16(17)14-11-7-4-8-12-14/h3-9,11-13,15-16,18H,2,10,17H2,1H3/t13?,15-,16?/m1/s1. The monoisotopic (exact) mass is 242 g/mol. The third-order valence-electron chi connectivity index (χ3n) is 3.52. The summed E-state index contributed by atoms with van der Waals surface area (Å²) in [6.07, 6.45) is 10.8. The summed E-state index contributed by atoms with van der Waals surface area (Å²) in [5.41, 5.74) is 7.37. The molecule has 0 aromatic heterocycles. The van der Waals surface area contributed by atoms with E-state index in [1.807, 2.05) is 18.2 Å². The van der Waals surface area contributed by atoms with Gasteiger partial charge >= 0.3 is 0 Å². The molecule has 0 saturated carbocycles. The van der Waals surface area contributed by atoms with Crippen LogP contribution in [0, 0.1) is 5.92 Å². The summed E-state index contributed by atoms with van der Waals surface area (Å²) in [4.78, 5) is 0. The van der Waals surface area contributed by atoms with Crippen molar-refractivity contribution in [3.05, 3.63) is 60.2 Å². The van der Waals surface area contributed by atoms with E-state index in [0.717, 1.165) is 18.4 Å². The van der Waals surface area contributed by atoms with Gasteiger partial charge in [0.05, 0.1) is 6.17 Å². The predicted octanol–water partition coefficient (Wildman–Crippen LogP) is 3.14. The lowest BCUT2D eigenvalue weighted by atomic mass is 9.90. The lowest BCUT2D eigenvalue weighted by Crippen LogP contribution is -2.41. The zero-order chi connectivity index (χ0) is 12.8. The smallest absolute Gasteiger partial charge is 0.0812 e. The van der Waals surface area contributed by atoms with Crippen molar-refractivity contribution in [1.29, 1.82) is 0 Å². The van der Waals surface area contributed by atoms with Crippen LogP contribution in [0.3, 0.4) is 0 Å². The Morgan fingerprint density at radius 2 is 2.06 bits per heavy atom. The van der Waals surface area contributed by atoms with Crippen LogP contribution in [0.25, 0.3) is 0 Å². The van der Waals surface area contributed by atoms with E-state index < -0.39 is 0 Å². The van der Waals surface area contributed by atoms with Crippen LogP contribution in [-0.2, 0) is 0 Å². The number of hydrogen-bond donors (Lipinski definition) is 2. The lowest BCUT2D eigenvalue weighted by molar-refractivity contribution is 0.356. The number of rotatable bonds is 5. The van der Waals surface area contributed by atoms with Gasteiger partial charge in [0.15, 0.2) is 0 Å². The van der Waals surface area contributed by atoms with E-state index in [9.17, 15) is 0 Å². The third-order valence-corrected chi connectivity index (χ3v) is 3.52. The Labute approximate surface area is 110 Å². The van der Waals surface area contributed by atoms with Crippen LogP contribution < -0.4 is 11.1 Å². The van der Waals surface area contributed by atoms with E-state index in [1.165, 1.54) is 0 Å². The molecule has 1 aliphatic rings. The zero-order valence-electron chi connectivity index (χ0n) is 10.9. The summed E-state index contributed by atoms with van der Waals surface area (Å²) in [6.45, 7) is 2.21. The predicted molar refractivity (Wildman–Crippen MR) is 77.0 cm³/mol. The van der Waals surface area contributed by atoms with Gasteiger partial charge in [-0.1, -0.05) is 61.6 Å². The molecule has 0 fully saturated rings. The molecule has 2 unspecified atom stereocenters. The summed E-state index contributed by atoms with van der Waals surface area (Å²) in [5.74, 6) is 0.551. The first-order valence-corrected chi connectivity index (χ1v) is 6.71. The molecule has 3 N–H and O–H groups in total. The minimum atomic E-state index is -0.0875. The van der Waals surface area contributed by atoms with E-state index in [0.29, 0.717) is 12.0 Å². The molecular formula is C16H22N2. The van der Waals surface area contributed by atoms with Crippen LogP contribution in [0.4, 0.5) is 0 Å². The number of hydrogen-bond acceptors (Lipinski definition) is 2. The van der Waals surface area contributed by atoms with Crippen LogP contribution >= 0.6 is 0 Å². The molecule has 96 valence electrons. The first-order chi connectivity index (χ1) is 8.81. The van der Waals surface area contributed by atoms with Crippen molar-refractivity contribution in [3.63, 3.8) is 0 Å². The van der Waals surface area contributed by atoms with Gasteiger partial charge in [-0.3, -0.25) is 5.32 Å². The van der Waals surface area contributed by atoms with Gasteiger partial charge in [-0.2, -0.15) is 0 Å². The Balaban J connectivity index is 1.98. The van der Waals surface area contributed by atoms with Crippen LogP contribution in [0.2, 0.25) is 0 Å². The van der Waals surface area contributed by atoms with Gasteiger partial charge in [0.25, 0.3) is 0 Å². The molecule has 0 radical (unpaired) electrons. The van der Waals surface area contributed by atoms with Crippen molar-refractivity contribution < 1.29 is 0 Å². The zero-order valence-corrected chi connectivity index (χ0v) is 10.9. The number of nitrogens with one attached hydrogen (secondary N) is 1. The Hall–Kier alpha value is -1.38. The molecule has 0 aliphatic heterocycles. The van der Waals surface area contributed by atoms with E-state index >= 15 is 0 Å². The highest BCUT2D eigenvalue weighted by molar-refractivity contribution is 5.18. The maximum Gasteiger partial charge on any atom is 0.0812 e. The first-order valence-electron chi connectivity index (χ1n) is 6.71. The summed E-state index contributed by atoms with van der Waals surface area (Å²) in [5, 5.41) is 3.55. The number of allylic oxidation sites excluding steroid dienone is 3. The second kappa shape index (κ2) is 6.53. The fourth-order valence-electron chi connectivity index (χ4n) is 2.43. The highest BCUT2D eigenvalue weighted by atomic mass is 15.1. The summed E-state index contributed by atoms with van der Waals surface area (Å²) >= 11 is 0. The van der Waals surface area contributed by atoms with Crippen LogP contribution in [-0.4, -0.2) is 6.04 Å². The van der Waals surface area contributed by atoms with E-state index in [-0.39, 0.29) is 6.17 Å². The summed E-state index contributed by atoms with van der Waals surface area (Å²) in [6, 6.07) is 10.6. The van der Waals surface area contributed by atoms with Crippen molar-refractivity contribution in [2.75, 3.05) is 0 Å². The van der Waals surface area contributed by atoms with Gasteiger partial charge in [-0.25, -0.2) is 0 Å². The normalized spacial score (nSPS) is 21.8. The maximum atomic E-state index is 6.22. The summed E-state index contributed by atoms with van der Waals surface area (Å²) in [7, 11) is 0. The molecule has 2 nitrogen and oxygen atoms in total. The first kappa shape index (κ1) is 13.1. The molecule has 0 spiro atoms. The Kier molecular flexibility index (Phi) is 4.73. The quantitative estimate of drug-likeness (QED) is 0.778. The van der Waals surface area contributed by atoms with Crippen LogP contribution in [0.1, 0.15) is 31.5 Å². The average Bonchev–Trinajstić information content (AvgIpc) is 2.46. The molecule has 0 amide bonds. The van der Waals surface area contributed by atoms with Gasteiger partial charge in [0, 0.05) is 6.04 Å². The topological polar surface area (TPSA) is 38.0 Å². The van der Waals surface area contributed by atoms with Gasteiger partial charge in [-0.15, -0.1) is 0 Å². The molecule has 1 aromatic carbocycles. The van der Waals surface area contributed by atoms with Crippen LogP contribution in [0.15, 0.2) is 54.6 Å². The molecule has 2 rings (SSSR count). The lowest BCUT2D eigenvalue weighted by Gasteiger charge is -2.28. The average molecular weight is 242 g/mol. The highest BCUT2D eigenvalue weighted by Gasteiger charge is 2.19. The van der Waals surface area contributed by atoms with E-state index in [4.69, 9.17) is 5.73 Å². The van der Waals surface area contributed by atoms with E-state index in [2.05, 4.69) is 48.7 Å². The van der Waals surface area contributed by atoms with Gasteiger partial charge < -0.3 is 5.73 Å². The fourth-order valence-corrected chi connectivity index (χ4v) is 2.43.